The number of aromatic nitrogens is 2. The SMILES string of the molecule is CCCNC(=O)CSc1nnc(SCCOc2ccccc2Cl)s1. The van der Waals surface area contributed by atoms with E-state index in [0.717, 1.165) is 20.9 Å². The van der Waals surface area contributed by atoms with Gasteiger partial charge in [0.2, 0.25) is 5.91 Å². The van der Waals surface area contributed by atoms with Crippen LogP contribution in [0.2, 0.25) is 5.02 Å². The van der Waals surface area contributed by atoms with Crippen molar-refractivity contribution in [1.82, 2.24) is 15.5 Å². The number of hydrogen-bond donors (Lipinski definition) is 1. The molecule has 24 heavy (non-hydrogen) atoms. The number of nitrogens with zero attached hydrogens (tertiary/aromatic N) is 2. The zero-order valence-corrected chi connectivity index (χ0v) is 16.4. The van der Waals surface area contributed by atoms with Crippen LogP contribution < -0.4 is 10.1 Å². The summed E-state index contributed by atoms with van der Waals surface area (Å²) in [6.07, 6.45) is 0.937. The van der Waals surface area contributed by atoms with Gasteiger partial charge in [0.1, 0.15) is 5.75 Å². The van der Waals surface area contributed by atoms with Crippen LogP contribution in [0.25, 0.3) is 0 Å². The minimum atomic E-state index is 0.0272. The molecular formula is C15H18ClN3O2S3. The zero-order valence-electron chi connectivity index (χ0n) is 13.2. The molecule has 1 aromatic heterocycles. The lowest BCUT2D eigenvalue weighted by Crippen LogP contribution is -2.25. The number of halogens is 1. The number of ether oxygens (including phenoxy) is 1. The summed E-state index contributed by atoms with van der Waals surface area (Å²) in [5.41, 5.74) is 0. The van der Waals surface area contributed by atoms with E-state index in [9.17, 15) is 4.79 Å². The Bertz CT molecular complexity index is 654. The molecule has 0 aliphatic carbocycles. The number of para-hydroxylation sites is 1. The van der Waals surface area contributed by atoms with Gasteiger partial charge in [0.05, 0.1) is 17.4 Å². The Morgan fingerprint density at radius 3 is 2.79 bits per heavy atom. The first kappa shape index (κ1) is 19.4. The minimum absolute atomic E-state index is 0.0272. The van der Waals surface area contributed by atoms with Crippen LogP contribution in [0.5, 0.6) is 5.75 Å². The van der Waals surface area contributed by atoms with E-state index in [0.29, 0.717) is 29.7 Å². The molecule has 1 N–H and O–H groups in total. The first-order valence-corrected chi connectivity index (χ1v) is 10.6. The Hall–Kier alpha value is -0.960. The molecule has 1 amide bonds. The number of rotatable bonds is 10. The molecule has 0 unspecified atom stereocenters. The van der Waals surface area contributed by atoms with Gasteiger partial charge in [-0.1, -0.05) is 65.5 Å². The van der Waals surface area contributed by atoms with Gasteiger partial charge in [0, 0.05) is 12.3 Å². The van der Waals surface area contributed by atoms with Crippen molar-refractivity contribution in [2.45, 2.75) is 22.0 Å². The van der Waals surface area contributed by atoms with Gasteiger partial charge in [-0.25, -0.2) is 0 Å². The third-order valence-corrected chi connectivity index (χ3v) is 6.16. The predicted molar refractivity (Wildman–Crippen MR) is 102 cm³/mol. The van der Waals surface area contributed by atoms with Gasteiger partial charge in [0.15, 0.2) is 8.68 Å². The van der Waals surface area contributed by atoms with E-state index in [-0.39, 0.29) is 5.91 Å². The van der Waals surface area contributed by atoms with Crippen molar-refractivity contribution >= 4 is 52.4 Å². The standard InChI is InChI=1S/C15H18ClN3O2S3/c1-2-7-17-13(20)10-23-15-19-18-14(24-15)22-9-8-21-12-6-4-3-5-11(12)16/h3-6H,2,7-10H2,1H3,(H,17,20). The molecule has 130 valence electrons. The van der Waals surface area contributed by atoms with E-state index in [4.69, 9.17) is 16.3 Å². The highest BCUT2D eigenvalue weighted by atomic mass is 35.5. The van der Waals surface area contributed by atoms with E-state index in [1.807, 2.05) is 25.1 Å². The van der Waals surface area contributed by atoms with Crippen LogP contribution in [0, 0.1) is 0 Å². The Balaban J connectivity index is 1.66. The first-order valence-electron chi connectivity index (χ1n) is 7.42. The van der Waals surface area contributed by atoms with Crippen molar-refractivity contribution in [1.29, 1.82) is 0 Å². The van der Waals surface area contributed by atoms with Gasteiger partial charge >= 0.3 is 0 Å². The number of carbonyl (C=O) groups excluding carboxylic acids is 1. The lowest BCUT2D eigenvalue weighted by molar-refractivity contribution is -0.118. The largest absolute Gasteiger partial charge is 0.491 e. The van der Waals surface area contributed by atoms with E-state index < -0.39 is 0 Å². The average Bonchev–Trinajstić information content (AvgIpc) is 3.04. The number of carbonyl (C=O) groups is 1. The fourth-order valence-corrected chi connectivity index (χ4v) is 4.53. The maximum atomic E-state index is 11.5. The van der Waals surface area contributed by atoms with Crippen molar-refractivity contribution in [3.63, 3.8) is 0 Å². The Labute approximate surface area is 158 Å². The highest BCUT2D eigenvalue weighted by Crippen LogP contribution is 2.29. The van der Waals surface area contributed by atoms with Crippen LogP contribution in [0.4, 0.5) is 0 Å². The molecule has 1 heterocycles. The van der Waals surface area contributed by atoms with Crippen LogP contribution in [-0.2, 0) is 4.79 Å². The third kappa shape index (κ3) is 6.88. The van der Waals surface area contributed by atoms with Crippen molar-refractivity contribution in [2.24, 2.45) is 0 Å². The summed E-state index contributed by atoms with van der Waals surface area (Å²) < 4.78 is 7.30. The van der Waals surface area contributed by atoms with Crippen LogP contribution in [0.1, 0.15) is 13.3 Å². The van der Waals surface area contributed by atoms with Gasteiger partial charge in [-0.2, -0.15) is 0 Å². The summed E-state index contributed by atoms with van der Waals surface area (Å²) >= 11 is 10.5. The molecule has 0 aliphatic rings. The Kier molecular flexibility index (Phi) is 8.72. The normalized spacial score (nSPS) is 10.6. The molecule has 9 heteroatoms. The minimum Gasteiger partial charge on any atom is -0.491 e. The van der Waals surface area contributed by atoms with Crippen LogP contribution in [0.15, 0.2) is 32.9 Å². The number of hydrogen-bond acceptors (Lipinski definition) is 7. The molecule has 1 aromatic carbocycles. The maximum absolute atomic E-state index is 11.5. The molecule has 0 aliphatic heterocycles. The summed E-state index contributed by atoms with van der Waals surface area (Å²) in [7, 11) is 0. The molecule has 0 fully saturated rings. The topological polar surface area (TPSA) is 64.1 Å². The number of amides is 1. The molecule has 0 bridgehead atoms. The molecule has 0 atom stereocenters. The summed E-state index contributed by atoms with van der Waals surface area (Å²) in [6, 6.07) is 7.40. The summed E-state index contributed by atoms with van der Waals surface area (Å²) in [4.78, 5) is 11.5. The Morgan fingerprint density at radius 1 is 1.29 bits per heavy atom. The quantitative estimate of drug-likeness (QED) is 0.478. The lowest BCUT2D eigenvalue weighted by atomic mass is 10.3. The number of thioether (sulfide) groups is 2. The smallest absolute Gasteiger partial charge is 0.230 e. The van der Waals surface area contributed by atoms with Gasteiger partial charge < -0.3 is 10.1 Å². The first-order chi connectivity index (χ1) is 11.7. The second kappa shape index (κ2) is 10.8. The summed E-state index contributed by atoms with van der Waals surface area (Å²) in [6.45, 7) is 3.27. The highest BCUT2D eigenvalue weighted by molar-refractivity contribution is 8.03. The molecule has 0 radical (unpaired) electrons. The second-order valence-corrected chi connectivity index (χ2v) is 8.55. The monoisotopic (exact) mass is 403 g/mol. The van der Waals surface area contributed by atoms with Gasteiger partial charge in [0.25, 0.3) is 0 Å². The molecular weight excluding hydrogens is 386 g/mol. The second-order valence-electron chi connectivity index (χ2n) is 4.60. The molecule has 5 nitrogen and oxygen atoms in total. The fraction of sp³-hybridized carbons (Fsp3) is 0.400. The molecule has 0 saturated heterocycles. The number of benzene rings is 1. The van der Waals surface area contributed by atoms with E-state index in [1.165, 1.54) is 23.1 Å². The van der Waals surface area contributed by atoms with Gasteiger partial charge in [-0.3, -0.25) is 4.79 Å². The predicted octanol–water partition coefficient (Wildman–Crippen LogP) is 3.98. The number of nitrogens with one attached hydrogen (secondary N) is 1. The van der Waals surface area contributed by atoms with Gasteiger partial charge in [-0.05, 0) is 18.6 Å². The lowest BCUT2D eigenvalue weighted by Gasteiger charge is -2.06. The molecule has 0 saturated carbocycles. The van der Waals surface area contributed by atoms with E-state index >= 15 is 0 Å². The average molecular weight is 404 g/mol. The molecule has 2 aromatic rings. The highest BCUT2D eigenvalue weighted by Gasteiger charge is 2.08. The van der Waals surface area contributed by atoms with Crippen LogP contribution in [-0.4, -0.2) is 40.8 Å². The van der Waals surface area contributed by atoms with E-state index in [1.54, 1.807) is 17.8 Å². The van der Waals surface area contributed by atoms with Crippen molar-refractivity contribution in [2.75, 3.05) is 24.7 Å². The van der Waals surface area contributed by atoms with Crippen molar-refractivity contribution in [3.8, 4) is 5.75 Å². The van der Waals surface area contributed by atoms with Crippen molar-refractivity contribution in [3.05, 3.63) is 29.3 Å². The van der Waals surface area contributed by atoms with Crippen LogP contribution >= 0.6 is 46.5 Å². The zero-order chi connectivity index (χ0) is 17.2. The summed E-state index contributed by atoms with van der Waals surface area (Å²) in [5.74, 6) is 1.84. The molecule has 0 spiro atoms. The molecule has 2 rings (SSSR count). The third-order valence-electron chi connectivity index (χ3n) is 2.69. The fourth-order valence-electron chi connectivity index (χ4n) is 1.60. The van der Waals surface area contributed by atoms with Crippen molar-refractivity contribution < 1.29 is 9.53 Å². The van der Waals surface area contributed by atoms with Gasteiger partial charge in [-0.15, -0.1) is 10.2 Å². The maximum Gasteiger partial charge on any atom is 0.230 e. The van der Waals surface area contributed by atoms with E-state index in [2.05, 4.69) is 15.5 Å². The Morgan fingerprint density at radius 2 is 2.04 bits per heavy atom. The van der Waals surface area contributed by atoms with Crippen LogP contribution in [0.3, 0.4) is 0 Å². The summed E-state index contributed by atoms with van der Waals surface area (Å²) in [5, 5.41) is 11.6.